The van der Waals surface area contributed by atoms with Gasteiger partial charge >= 0.3 is 0 Å². The number of primary amides is 1. The monoisotopic (exact) mass is 363 g/mol. The number of nitrogens with two attached hydrogens (primary N) is 1. The van der Waals surface area contributed by atoms with Gasteiger partial charge in [0.1, 0.15) is 17.2 Å². The fraction of sp³-hybridized carbons (Fsp3) is 0.150. The molecule has 0 bridgehead atoms. The van der Waals surface area contributed by atoms with E-state index in [-0.39, 0.29) is 11.9 Å². The van der Waals surface area contributed by atoms with Crippen molar-refractivity contribution in [2.45, 2.75) is 19.9 Å². The van der Waals surface area contributed by atoms with Crippen molar-refractivity contribution in [3.05, 3.63) is 66.6 Å². The first kappa shape index (κ1) is 17.0. The molecule has 0 aliphatic heterocycles. The first-order chi connectivity index (χ1) is 13.0. The Morgan fingerprint density at radius 1 is 1.07 bits per heavy atom. The lowest BCUT2D eigenvalue weighted by atomic mass is 10.1. The highest BCUT2D eigenvalue weighted by Gasteiger charge is 2.18. The number of carbonyl (C=O) groups excluding carboxylic acids is 1. The highest BCUT2D eigenvalue weighted by Crippen LogP contribution is 2.33. The van der Waals surface area contributed by atoms with Crippen molar-refractivity contribution in [2.24, 2.45) is 5.73 Å². The third-order valence-corrected chi connectivity index (χ3v) is 4.50. The third kappa shape index (κ3) is 2.87. The van der Waals surface area contributed by atoms with Crippen LogP contribution in [0.25, 0.3) is 28.2 Å². The predicted octanol–water partition coefficient (Wildman–Crippen LogP) is 3.68. The van der Waals surface area contributed by atoms with Crippen LogP contribution in [-0.2, 0) is 0 Å². The van der Waals surface area contributed by atoms with E-state index in [9.17, 15) is 9.18 Å². The van der Waals surface area contributed by atoms with Crippen LogP contribution in [0.15, 0.2) is 55.1 Å². The first-order valence-corrected chi connectivity index (χ1v) is 8.55. The Balaban J connectivity index is 1.96. The van der Waals surface area contributed by atoms with Crippen LogP contribution in [-0.4, -0.2) is 24.8 Å². The number of hydrogen-bond donors (Lipinski definition) is 1. The molecule has 0 aliphatic carbocycles. The first-order valence-electron chi connectivity index (χ1n) is 8.55. The van der Waals surface area contributed by atoms with Crippen molar-refractivity contribution >= 4 is 11.6 Å². The zero-order chi connectivity index (χ0) is 19.1. The lowest BCUT2D eigenvalue weighted by molar-refractivity contribution is 0.0995. The van der Waals surface area contributed by atoms with E-state index in [4.69, 9.17) is 5.73 Å². The number of aromatic nitrogens is 4. The van der Waals surface area contributed by atoms with Crippen molar-refractivity contribution in [3.63, 3.8) is 0 Å². The average molecular weight is 363 g/mol. The maximum Gasteiger partial charge on any atom is 0.267 e. The zero-order valence-corrected chi connectivity index (χ0v) is 14.9. The summed E-state index contributed by atoms with van der Waals surface area (Å²) in [6.07, 6.45) is 5.05. The molecule has 0 atom stereocenters. The maximum absolute atomic E-state index is 13.3. The van der Waals surface area contributed by atoms with Gasteiger partial charge in [0.15, 0.2) is 0 Å². The molecule has 2 N–H and O–H groups in total. The van der Waals surface area contributed by atoms with Gasteiger partial charge in [-0.1, -0.05) is 0 Å². The second kappa shape index (κ2) is 6.35. The Labute approximate surface area is 155 Å². The van der Waals surface area contributed by atoms with Crippen LogP contribution in [0.2, 0.25) is 0 Å². The molecule has 0 spiro atoms. The van der Waals surface area contributed by atoms with Crippen LogP contribution in [0.5, 0.6) is 0 Å². The summed E-state index contributed by atoms with van der Waals surface area (Å²) in [5, 5.41) is 0. The van der Waals surface area contributed by atoms with E-state index in [2.05, 4.69) is 23.8 Å². The van der Waals surface area contributed by atoms with Gasteiger partial charge in [-0.05, 0) is 50.2 Å². The highest BCUT2D eigenvalue weighted by molar-refractivity contribution is 5.92. The summed E-state index contributed by atoms with van der Waals surface area (Å²) in [5.41, 5.74) is 9.68. The molecule has 0 fully saturated rings. The number of carbonyl (C=O) groups is 1. The molecule has 1 amide bonds. The molecule has 4 rings (SSSR count). The molecule has 4 aromatic rings. The highest BCUT2D eigenvalue weighted by atomic mass is 19.1. The van der Waals surface area contributed by atoms with E-state index in [1.54, 1.807) is 22.9 Å². The number of pyridine rings is 1. The van der Waals surface area contributed by atoms with Crippen LogP contribution in [0.4, 0.5) is 4.39 Å². The molecule has 27 heavy (non-hydrogen) atoms. The van der Waals surface area contributed by atoms with Gasteiger partial charge in [0.05, 0.1) is 23.9 Å². The maximum atomic E-state index is 13.3. The molecule has 136 valence electrons. The van der Waals surface area contributed by atoms with Crippen LogP contribution in [0.1, 0.15) is 30.4 Å². The van der Waals surface area contributed by atoms with Crippen LogP contribution in [0.3, 0.4) is 0 Å². The number of imidazole rings is 2. The Kier molecular flexibility index (Phi) is 3.99. The Morgan fingerprint density at radius 3 is 2.44 bits per heavy atom. The number of fused-ring (bicyclic) bond motifs is 1. The quantitative estimate of drug-likeness (QED) is 0.601. The summed E-state index contributed by atoms with van der Waals surface area (Å²) in [6, 6.07) is 10.2. The van der Waals surface area contributed by atoms with Crippen molar-refractivity contribution in [1.29, 1.82) is 0 Å². The van der Waals surface area contributed by atoms with Gasteiger partial charge < -0.3 is 10.3 Å². The Bertz CT molecular complexity index is 1140. The summed E-state index contributed by atoms with van der Waals surface area (Å²) in [7, 11) is 0. The molecule has 0 unspecified atom stereocenters. The second-order valence-corrected chi connectivity index (χ2v) is 6.60. The number of benzene rings is 1. The number of amides is 1. The summed E-state index contributed by atoms with van der Waals surface area (Å²) >= 11 is 0. The van der Waals surface area contributed by atoms with Gasteiger partial charge in [-0.3, -0.25) is 9.20 Å². The summed E-state index contributed by atoms with van der Waals surface area (Å²) in [4.78, 5) is 20.4. The van der Waals surface area contributed by atoms with Crippen LogP contribution >= 0.6 is 0 Å². The van der Waals surface area contributed by atoms with Crippen molar-refractivity contribution in [3.8, 4) is 22.5 Å². The lowest BCUT2D eigenvalue weighted by Gasteiger charge is -2.14. The molecule has 1 aromatic carbocycles. The van der Waals surface area contributed by atoms with Crippen LogP contribution in [0, 0.1) is 5.82 Å². The summed E-state index contributed by atoms with van der Waals surface area (Å²) in [5.74, 6) is -0.842. The second-order valence-electron chi connectivity index (χ2n) is 6.60. The zero-order valence-electron chi connectivity index (χ0n) is 14.9. The molecule has 0 aliphatic rings. The minimum Gasteiger partial charge on any atom is -0.364 e. The van der Waals surface area contributed by atoms with Gasteiger partial charge in [-0.15, -0.1) is 0 Å². The number of halogens is 1. The standard InChI is InChI=1S/C20H18FN5O/c1-12(2)26-11-24-18(13-3-6-15(21)7-4-13)19(26)14-5-8-17-23-9-16(20(22)27)25(17)10-14/h3-12H,1-2H3,(H2,22,27). The van der Waals surface area contributed by atoms with E-state index in [0.29, 0.717) is 11.3 Å². The molecule has 7 heteroatoms. The van der Waals surface area contributed by atoms with Crippen molar-refractivity contribution < 1.29 is 9.18 Å². The topological polar surface area (TPSA) is 78.2 Å². The largest absolute Gasteiger partial charge is 0.364 e. The molecule has 0 saturated carbocycles. The minimum absolute atomic E-state index is 0.163. The normalized spacial score (nSPS) is 11.4. The van der Waals surface area contributed by atoms with Crippen molar-refractivity contribution in [2.75, 3.05) is 0 Å². The molecule has 0 radical (unpaired) electrons. The fourth-order valence-electron chi connectivity index (χ4n) is 3.16. The van der Waals surface area contributed by atoms with E-state index >= 15 is 0 Å². The molecule has 6 nitrogen and oxygen atoms in total. The smallest absolute Gasteiger partial charge is 0.267 e. The number of nitrogens with zero attached hydrogens (tertiary/aromatic N) is 4. The number of hydrogen-bond acceptors (Lipinski definition) is 3. The van der Waals surface area contributed by atoms with Gasteiger partial charge in [0.25, 0.3) is 5.91 Å². The van der Waals surface area contributed by atoms with E-state index in [1.807, 2.05) is 22.9 Å². The summed E-state index contributed by atoms with van der Waals surface area (Å²) in [6.45, 7) is 4.12. The Hall–Kier alpha value is -3.48. The van der Waals surface area contributed by atoms with Gasteiger partial charge in [0, 0.05) is 23.4 Å². The predicted molar refractivity (Wildman–Crippen MR) is 101 cm³/mol. The molecular weight excluding hydrogens is 345 g/mol. The molecular formula is C20H18FN5O. The SMILES string of the molecule is CC(C)n1cnc(-c2ccc(F)cc2)c1-c1ccc2ncc(C(N)=O)n2c1. The minimum atomic E-state index is -0.546. The number of rotatable bonds is 4. The van der Waals surface area contributed by atoms with Crippen LogP contribution < -0.4 is 5.73 Å². The molecule has 3 heterocycles. The van der Waals surface area contributed by atoms with E-state index in [1.165, 1.54) is 18.3 Å². The molecule has 3 aromatic heterocycles. The van der Waals surface area contributed by atoms with Crippen molar-refractivity contribution in [1.82, 2.24) is 18.9 Å². The van der Waals surface area contributed by atoms with Gasteiger partial charge in [-0.25, -0.2) is 14.4 Å². The third-order valence-electron chi connectivity index (χ3n) is 4.50. The molecule has 0 saturated heterocycles. The Morgan fingerprint density at radius 2 is 1.78 bits per heavy atom. The van der Waals surface area contributed by atoms with E-state index < -0.39 is 5.91 Å². The van der Waals surface area contributed by atoms with Gasteiger partial charge in [0.2, 0.25) is 0 Å². The fourth-order valence-corrected chi connectivity index (χ4v) is 3.16. The lowest BCUT2D eigenvalue weighted by Crippen LogP contribution is -2.13. The van der Waals surface area contributed by atoms with Gasteiger partial charge in [-0.2, -0.15) is 0 Å². The average Bonchev–Trinajstić information content (AvgIpc) is 3.26. The van der Waals surface area contributed by atoms with E-state index in [0.717, 1.165) is 22.5 Å². The summed E-state index contributed by atoms with van der Waals surface area (Å²) < 4.78 is 17.1.